The first-order valence-corrected chi connectivity index (χ1v) is 5.95. The van der Waals surface area contributed by atoms with Crippen LogP contribution in [0.25, 0.3) is 0 Å². The molecule has 16 heavy (non-hydrogen) atoms. The second-order valence-corrected chi connectivity index (χ2v) is 5.31. The third kappa shape index (κ3) is 4.12. The van der Waals surface area contributed by atoms with E-state index in [1.807, 2.05) is 12.1 Å². The maximum absolute atomic E-state index is 9.37. The standard InChI is InChI=1S/C12H18BrNO2/c1-12(2,8-16-3)14-7-9-4-5-11(15)10(13)6-9/h4-6,14-15H,7-8H2,1-3H3. The number of hydrogen-bond acceptors (Lipinski definition) is 3. The Kier molecular flexibility index (Phi) is 4.77. The van der Waals surface area contributed by atoms with E-state index in [0.717, 1.165) is 16.6 Å². The molecular weight excluding hydrogens is 270 g/mol. The van der Waals surface area contributed by atoms with Crippen molar-refractivity contribution in [3.8, 4) is 5.75 Å². The second-order valence-electron chi connectivity index (χ2n) is 4.46. The smallest absolute Gasteiger partial charge is 0.129 e. The second kappa shape index (κ2) is 5.66. The van der Waals surface area contributed by atoms with Crippen LogP contribution in [0.1, 0.15) is 19.4 Å². The highest BCUT2D eigenvalue weighted by Crippen LogP contribution is 2.24. The minimum atomic E-state index is -0.0564. The van der Waals surface area contributed by atoms with Crippen LogP contribution >= 0.6 is 15.9 Å². The van der Waals surface area contributed by atoms with Crippen molar-refractivity contribution < 1.29 is 9.84 Å². The van der Waals surface area contributed by atoms with Gasteiger partial charge in [-0.3, -0.25) is 0 Å². The SMILES string of the molecule is COCC(C)(C)NCc1ccc(O)c(Br)c1. The molecule has 0 radical (unpaired) electrons. The van der Waals surface area contributed by atoms with Crippen LogP contribution in [0.15, 0.2) is 22.7 Å². The number of rotatable bonds is 5. The third-order valence-corrected chi connectivity index (χ3v) is 2.92. The van der Waals surface area contributed by atoms with Gasteiger partial charge in [-0.25, -0.2) is 0 Å². The average Bonchev–Trinajstić information content (AvgIpc) is 2.20. The minimum Gasteiger partial charge on any atom is -0.507 e. The van der Waals surface area contributed by atoms with Crippen LogP contribution in [0.4, 0.5) is 0 Å². The van der Waals surface area contributed by atoms with E-state index in [2.05, 4.69) is 35.1 Å². The Morgan fingerprint density at radius 3 is 2.69 bits per heavy atom. The fourth-order valence-corrected chi connectivity index (χ4v) is 1.84. The summed E-state index contributed by atoms with van der Waals surface area (Å²) in [6.07, 6.45) is 0. The normalized spacial score (nSPS) is 11.8. The fraction of sp³-hybridized carbons (Fsp3) is 0.500. The van der Waals surface area contributed by atoms with Crippen molar-refractivity contribution in [2.45, 2.75) is 25.9 Å². The molecule has 4 heteroatoms. The van der Waals surface area contributed by atoms with Crippen molar-refractivity contribution in [1.82, 2.24) is 5.32 Å². The molecule has 3 nitrogen and oxygen atoms in total. The van der Waals surface area contributed by atoms with Crippen molar-refractivity contribution >= 4 is 15.9 Å². The molecule has 0 spiro atoms. The topological polar surface area (TPSA) is 41.5 Å². The summed E-state index contributed by atoms with van der Waals surface area (Å²) in [4.78, 5) is 0. The highest BCUT2D eigenvalue weighted by molar-refractivity contribution is 9.10. The van der Waals surface area contributed by atoms with Crippen molar-refractivity contribution in [1.29, 1.82) is 0 Å². The maximum Gasteiger partial charge on any atom is 0.129 e. The molecule has 1 aromatic rings. The summed E-state index contributed by atoms with van der Waals surface area (Å²) < 4.78 is 5.84. The van der Waals surface area contributed by atoms with E-state index in [1.165, 1.54) is 0 Å². The number of methoxy groups -OCH3 is 1. The van der Waals surface area contributed by atoms with Crippen molar-refractivity contribution in [3.05, 3.63) is 28.2 Å². The van der Waals surface area contributed by atoms with Gasteiger partial charge in [-0.1, -0.05) is 6.07 Å². The first-order valence-electron chi connectivity index (χ1n) is 5.16. The number of ether oxygens (including phenoxy) is 1. The molecule has 0 aliphatic heterocycles. The zero-order chi connectivity index (χ0) is 12.2. The fourth-order valence-electron chi connectivity index (χ4n) is 1.41. The van der Waals surface area contributed by atoms with Gasteiger partial charge in [0, 0.05) is 19.2 Å². The van der Waals surface area contributed by atoms with Gasteiger partial charge in [0.15, 0.2) is 0 Å². The number of halogens is 1. The van der Waals surface area contributed by atoms with E-state index in [-0.39, 0.29) is 11.3 Å². The van der Waals surface area contributed by atoms with Gasteiger partial charge in [-0.2, -0.15) is 0 Å². The van der Waals surface area contributed by atoms with Crippen molar-refractivity contribution in [2.24, 2.45) is 0 Å². The summed E-state index contributed by atoms with van der Waals surface area (Å²) in [6, 6.07) is 5.49. The molecule has 0 aromatic heterocycles. The van der Waals surface area contributed by atoms with Crippen LogP contribution in [-0.2, 0) is 11.3 Å². The van der Waals surface area contributed by atoms with Gasteiger partial charge in [-0.15, -0.1) is 0 Å². The summed E-state index contributed by atoms with van der Waals surface area (Å²) in [5, 5.41) is 12.8. The van der Waals surface area contributed by atoms with E-state index < -0.39 is 0 Å². The van der Waals surface area contributed by atoms with Crippen LogP contribution in [-0.4, -0.2) is 24.4 Å². The molecule has 0 heterocycles. The van der Waals surface area contributed by atoms with E-state index >= 15 is 0 Å². The summed E-state index contributed by atoms with van der Waals surface area (Å²) >= 11 is 3.29. The first-order chi connectivity index (χ1) is 7.44. The number of nitrogens with one attached hydrogen (secondary N) is 1. The minimum absolute atomic E-state index is 0.0564. The molecule has 0 aliphatic rings. The molecule has 90 valence electrons. The van der Waals surface area contributed by atoms with E-state index in [0.29, 0.717) is 6.61 Å². The van der Waals surface area contributed by atoms with Gasteiger partial charge in [0.25, 0.3) is 0 Å². The molecule has 0 fully saturated rings. The molecule has 0 saturated carbocycles. The first kappa shape index (κ1) is 13.5. The molecule has 0 unspecified atom stereocenters. The Bertz CT molecular complexity index is 353. The monoisotopic (exact) mass is 287 g/mol. The zero-order valence-corrected chi connectivity index (χ0v) is 11.5. The highest BCUT2D eigenvalue weighted by atomic mass is 79.9. The molecule has 0 amide bonds. The Hall–Kier alpha value is -0.580. The lowest BCUT2D eigenvalue weighted by Gasteiger charge is -2.25. The number of benzene rings is 1. The molecule has 1 aromatic carbocycles. The summed E-state index contributed by atoms with van der Waals surface area (Å²) in [5.74, 6) is 0.264. The largest absolute Gasteiger partial charge is 0.507 e. The summed E-state index contributed by atoms with van der Waals surface area (Å²) in [5.41, 5.74) is 1.06. The number of aromatic hydroxyl groups is 1. The molecule has 0 bridgehead atoms. The van der Waals surface area contributed by atoms with E-state index in [4.69, 9.17) is 4.74 Å². The maximum atomic E-state index is 9.37. The molecule has 2 N–H and O–H groups in total. The van der Waals surface area contributed by atoms with Gasteiger partial charge in [-0.05, 0) is 47.5 Å². The third-order valence-electron chi connectivity index (χ3n) is 2.29. The quantitative estimate of drug-likeness (QED) is 0.875. The Balaban J connectivity index is 2.57. The van der Waals surface area contributed by atoms with E-state index in [1.54, 1.807) is 13.2 Å². The van der Waals surface area contributed by atoms with Crippen LogP contribution in [0.5, 0.6) is 5.75 Å². The Labute approximate surface area is 105 Å². The number of phenolic OH excluding ortho intramolecular Hbond substituents is 1. The lowest BCUT2D eigenvalue weighted by atomic mass is 10.1. The molecule has 0 atom stereocenters. The van der Waals surface area contributed by atoms with Crippen LogP contribution in [0.2, 0.25) is 0 Å². The lowest BCUT2D eigenvalue weighted by molar-refractivity contribution is 0.128. The van der Waals surface area contributed by atoms with Gasteiger partial charge in [0.1, 0.15) is 5.75 Å². The van der Waals surface area contributed by atoms with Gasteiger partial charge < -0.3 is 15.2 Å². The molecule has 0 aliphatic carbocycles. The predicted octanol–water partition coefficient (Wildman–Crippen LogP) is 2.67. The van der Waals surface area contributed by atoms with Crippen LogP contribution < -0.4 is 5.32 Å². The lowest BCUT2D eigenvalue weighted by Crippen LogP contribution is -2.42. The zero-order valence-electron chi connectivity index (χ0n) is 9.88. The van der Waals surface area contributed by atoms with Crippen molar-refractivity contribution in [2.75, 3.05) is 13.7 Å². The molecule has 1 rings (SSSR count). The highest BCUT2D eigenvalue weighted by Gasteiger charge is 2.16. The predicted molar refractivity (Wildman–Crippen MR) is 68.6 cm³/mol. The molecular formula is C12H18BrNO2. The Morgan fingerprint density at radius 2 is 2.12 bits per heavy atom. The van der Waals surface area contributed by atoms with Crippen molar-refractivity contribution in [3.63, 3.8) is 0 Å². The summed E-state index contributed by atoms with van der Waals surface area (Å²) in [7, 11) is 1.70. The Morgan fingerprint density at radius 1 is 1.44 bits per heavy atom. The van der Waals surface area contributed by atoms with Gasteiger partial charge >= 0.3 is 0 Å². The molecule has 0 saturated heterocycles. The van der Waals surface area contributed by atoms with Gasteiger partial charge in [0.2, 0.25) is 0 Å². The number of phenols is 1. The van der Waals surface area contributed by atoms with Gasteiger partial charge in [0.05, 0.1) is 11.1 Å². The van der Waals surface area contributed by atoms with Crippen LogP contribution in [0, 0.1) is 0 Å². The summed E-state index contributed by atoms with van der Waals surface area (Å²) in [6.45, 7) is 5.58. The number of hydrogen-bond donors (Lipinski definition) is 2. The average molecular weight is 288 g/mol. The van der Waals surface area contributed by atoms with Crippen LogP contribution in [0.3, 0.4) is 0 Å². The van der Waals surface area contributed by atoms with E-state index in [9.17, 15) is 5.11 Å².